The molecule has 25 heavy (non-hydrogen) atoms. The summed E-state index contributed by atoms with van der Waals surface area (Å²) >= 11 is 1.81. The van der Waals surface area contributed by atoms with Gasteiger partial charge in [0, 0.05) is 5.25 Å². The predicted molar refractivity (Wildman–Crippen MR) is 110 cm³/mol. The molecule has 1 rings (SSSR count). The van der Waals surface area contributed by atoms with Gasteiger partial charge in [-0.1, -0.05) is 102 Å². The Bertz CT molecular complexity index is 447. The van der Waals surface area contributed by atoms with Gasteiger partial charge in [-0.15, -0.1) is 0 Å². The number of hydrogen-bond acceptors (Lipinski definition) is 2. The Morgan fingerprint density at radius 1 is 0.920 bits per heavy atom. The first-order valence-corrected chi connectivity index (χ1v) is 11.1. The first kappa shape index (κ1) is 22.1. The van der Waals surface area contributed by atoms with E-state index in [1.54, 1.807) is 0 Å². The van der Waals surface area contributed by atoms with E-state index < -0.39 is 5.97 Å². The van der Waals surface area contributed by atoms with E-state index in [9.17, 15) is 9.90 Å². The third-order valence-corrected chi connectivity index (χ3v) is 6.33. The first-order valence-electron chi connectivity index (χ1n) is 10.1. The molecule has 0 heterocycles. The highest BCUT2D eigenvalue weighted by atomic mass is 32.2. The van der Waals surface area contributed by atoms with Gasteiger partial charge in [-0.3, -0.25) is 4.79 Å². The van der Waals surface area contributed by atoms with Gasteiger partial charge in [-0.05, 0) is 17.7 Å². The summed E-state index contributed by atoms with van der Waals surface area (Å²) in [5.74, 6) is -0.00632. The number of benzene rings is 1. The largest absolute Gasteiger partial charge is 0.481 e. The Morgan fingerprint density at radius 2 is 1.44 bits per heavy atom. The van der Waals surface area contributed by atoms with Crippen molar-refractivity contribution in [3.05, 3.63) is 35.9 Å². The number of carbonyl (C=O) groups is 1. The molecule has 0 spiro atoms. The van der Waals surface area contributed by atoms with Crippen molar-refractivity contribution in [2.45, 2.75) is 83.3 Å². The van der Waals surface area contributed by atoms with Gasteiger partial charge in [0.05, 0.1) is 5.92 Å². The average Bonchev–Trinajstić information content (AvgIpc) is 2.63. The van der Waals surface area contributed by atoms with E-state index in [1.807, 2.05) is 36.9 Å². The summed E-state index contributed by atoms with van der Waals surface area (Å²) in [6.07, 6.45) is 13.4. The topological polar surface area (TPSA) is 37.3 Å². The maximum absolute atomic E-state index is 11.4. The van der Waals surface area contributed by atoms with Gasteiger partial charge < -0.3 is 5.11 Å². The normalized spacial score (nSPS) is 13.5. The Morgan fingerprint density at radius 3 is 1.96 bits per heavy atom. The van der Waals surface area contributed by atoms with Crippen molar-refractivity contribution in [2.75, 3.05) is 5.75 Å². The molecule has 2 atom stereocenters. The molecule has 1 aromatic rings. The number of unbranched alkanes of at least 4 members (excludes halogenated alkanes) is 9. The molecule has 0 bridgehead atoms. The Kier molecular flexibility index (Phi) is 12.6. The number of rotatable bonds is 15. The van der Waals surface area contributed by atoms with Crippen LogP contribution >= 0.6 is 11.8 Å². The predicted octanol–water partition coefficient (Wildman–Crippen LogP) is 7.10. The molecule has 0 saturated heterocycles. The molecule has 3 heteroatoms. The van der Waals surface area contributed by atoms with Crippen LogP contribution in [0.4, 0.5) is 0 Å². The van der Waals surface area contributed by atoms with Crippen molar-refractivity contribution >= 4 is 17.7 Å². The fraction of sp³-hybridized carbons (Fsp3) is 0.682. The number of carboxylic acids is 1. The third-order valence-electron chi connectivity index (χ3n) is 4.77. The van der Waals surface area contributed by atoms with Crippen LogP contribution in [0.2, 0.25) is 0 Å². The molecule has 0 aliphatic heterocycles. The van der Waals surface area contributed by atoms with Gasteiger partial charge in [-0.2, -0.15) is 11.8 Å². The second kappa shape index (κ2) is 14.2. The maximum atomic E-state index is 11.4. The van der Waals surface area contributed by atoms with Gasteiger partial charge in [0.2, 0.25) is 0 Å². The summed E-state index contributed by atoms with van der Waals surface area (Å²) in [7, 11) is 0. The molecule has 0 saturated carbocycles. The lowest BCUT2D eigenvalue weighted by atomic mass is 10.0. The SMILES string of the molecule is CCCCCCCCCCCCSC(c1ccccc1)C(C)C(=O)O. The number of thioether (sulfide) groups is 1. The standard InChI is InChI=1S/C22H36O2S/c1-3-4-5-6-7-8-9-10-11-15-18-25-21(19(2)22(23)24)20-16-13-12-14-17-20/h12-14,16-17,19,21H,3-11,15,18H2,1-2H3,(H,23,24). The molecule has 0 amide bonds. The molecule has 2 unspecified atom stereocenters. The Balaban J connectivity index is 2.18. The maximum Gasteiger partial charge on any atom is 0.307 e. The number of hydrogen-bond donors (Lipinski definition) is 1. The van der Waals surface area contributed by atoms with E-state index in [2.05, 4.69) is 19.1 Å². The summed E-state index contributed by atoms with van der Waals surface area (Å²) in [4.78, 5) is 11.4. The Labute approximate surface area is 158 Å². The summed E-state index contributed by atoms with van der Waals surface area (Å²) in [5.41, 5.74) is 1.13. The molecule has 142 valence electrons. The van der Waals surface area contributed by atoms with Crippen molar-refractivity contribution in [3.8, 4) is 0 Å². The number of carboxylic acid groups (broad SMARTS) is 1. The van der Waals surface area contributed by atoms with Crippen LogP contribution in [0.3, 0.4) is 0 Å². The second-order valence-electron chi connectivity index (χ2n) is 7.01. The zero-order chi connectivity index (χ0) is 18.3. The minimum Gasteiger partial charge on any atom is -0.481 e. The molecule has 0 radical (unpaired) electrons. The smallest absolute Gasteiger partial charge is 0.307 e. The van der Waals surface area contributed by atoms with E-state index >= 15 is 0 Å². The highest BCUT2D eigenvalue weighted by molar-refractivity contribution is 7.99. The minimum atomic E-state index is -0.704. The van der Waals surface area contributed by atoms with Crippen molar-refractivity contribution in [2.24, 2.45) is 5.92 Å². The lowest BCUT2D eigenvalue weighted by Gasteiger charge is -2.21. The van der Waals surface area contributed by atoms with Crippen LogP contribution in [-0.4, -0.2) is 16.8 Å². The van der Waals surface area contributed by atoms with Crippen LogP contribution in [0.1, 0.15) is 88.9 Å². The molecule has 0 aromatic heterocycles. The summed E-state index contributed by atoms with van der Waals surface area (Å²) in [5, 5.41) is 9.43. The van der Waals surface area contributed by atoms with Crippen molar-refractivity contribution < 1.29 is 9.90 Å². The summed E-state index contributed by atoms with van der Waals surface area (Å²) < 4.78 is 0. The molecule has 0 fully saturated rings. The van der Waals surface area contributed by atoms with Crippen LogP contribution < -0.4 is 0 Å². The van der Waals surface area contributed by atoms with E-state index in [0.717, 1.165) is 11.3 Å². The summed E-state index contributed by atoms with van der Waals surface area (Å²) in [6.45, 7) is 4.09. The molecule has 1 aromatic carbocycles. The first-order chi connectivity index (χ1) is 12.2. The average molecular weight is 365 g/mol. The zero-order valence-corrected chi connectivity index (χ0v) is 16.9. The van der Waals surface area contributed by atoms with Crippen LogP contribution in [0.5, 0.6) is 0 Å². The van der Waals surface area contributed by atoms with Crippen LogP contribution in [0.25, 0.3) is 0 Å². The monoisotopic (exact) mass is 364 g/mol. The van der Waals surface area contributed by atoms with Crippen molar-refractivity contribution in [1.82, 2.24) is 0 Å². The molecule has 2 nitrogen and oxygen atoms in total. The van der Waals surface area contributed by atoms with Gasteiger partial charge in [0.15, 0.2) is 0 Å². The molecular formula is C22H36O2S. The van der Waals surface area contributed by atoms with Crippen molar-refractivity contribution in [3.63, 3.8) is 0 Å². The molecular weight excluding hydrogens is 328 g/mol. The van der Waals surface area contributed by atoms with E-state index in [1.165, 1.54) is 64.2 Å². The third kappa shape index (κ3) is 9.94. The second-order valence-corrected chi connectivity index (χ2v) is 8.26. The van der Waals surface area contributed by atoms with Crippen molar-refractivity contribution in [1.29, 1.82) is 0 Å². The summed E-state index contributed by atoms with van der Waals surface area (Å²) in [6, 6.07) is 10.1. The van der Waals surface area contributed by atoms with Crippen LogP contribution in [0, 0.1) is 5.92 Å². The van der Waals surface area contributed by atoms with Crippen LogP contribution in [0.15, 0.2) is 30.3 Å². The fourth-order valence-electron chi connectivity index (χ4n) is 3.10. The van der Waals surface area contributed by atoms with Gasteiger partial charge >= 0.3 is 5.97 Å². The van der Waals surface area contributed by atoms with Gasteiger partial charge in [0.25, 0.3) is 0 Å². The minimum absolute atomic E-state index is 0.0530. The van der Waals surface area contributed by atoms with Gasteiger partial charge in [0.1, 0.15) is 0 Å². The number of aliphatic carboxylic acids is 1. The molecule has 0 aliphatic rings. The lowest BCUT2D eigenvalue weighted by Crippen LogP contribution is -2.17. The fourth-order valence-corrected chi connectivity index (χ4v) is 4.48. The van der Waals surface area contributed by atoms with Crippen LogP contribution in [-0.2, 0) is 4.79 Å². The molecule has 0 aliphatic carbocycles. The van der Waals surface area contributed by atoms with E-state index in [-0.39, 0.29) is 11.2 Å². The van der Waals surface area contributed by atoms with E-state index in [0.29, 0.717) is 0 Å². The highest BCUT2D eigenvalue weighted by Crippen LogP contribution is 2.36. The Hall–Kier alpha value is -0.960. The van der Waals surface area contributed by atoms with E-state index in [4.69, 9.17) is 0 Å². The highest BCUT2D eigenvalue weighted by Gasteiger charge is 2.25. The quantitative estimate of drug-likeness (QED) is 0.337. The molecule has 1 N–H and O–H groups in total. The van der Waals surface area contributed by atoms with Gasteiger partial charge in [-0.25, -0.2) is 0 Å². The lowest BCUT2D eigenvalue weighted by molar-refractivity contribution is -0.141. The zero-order valence-electron chi connectivity index (χ0n) is 16.1.